The predicted molar refractivity (Wildman–Crippen MR) is 125 cm³/mol. The third-order valence-corrected chi connectivity index (χ3v) is 5.38. The first-order chi connectivity index (χ1) is 16.8. The van der Waals surface area contributed by atoms with Crippen molar-refractivity contribution in [3.63, 3.8) is 0 Å². The van der Waals surface area contributed by atoms with E-state index in [2.05, 4.69) is 29.9 Å². The molecule has 0 aliphatic carbocycles. The van der Waals surface area contributed by atoms with E-state index in [9.17, 15) is 0 Å². The molecular weight excluding hydrogens is 428 g/mol. The summed E-state index contributed by atoms with van der Waals surface area (Å²) in [5.74, 6) is 3.15. The first-order valence-corrected chi connectivity index (χ1v) is 10.5. The standard InChI is InChI=1S/C24H14N10/c1-7-15-27-17(9-1)31-23-19-14(6-4-11-25-19)22(34-23)30-16-8-2-10-18(28-16)32-24-20-13(5-3-12-26-20)21(29-15)33-24/h1-12H,(H2,27,28,29,30,31,32,33,34). The number of hydrogen-bond acceptors (Lipinski definition) is 8. The van der Waals surface area contributed by atoms with Crippen LogP contribution in [0.3, 0.4) is 0 Å². The summed E-state index contributed by atoms with van der Waals surface area (Å²) in [5, 5.41) is 0. The van der Waals surface area contributed by atoms with Crippen molar-refractivity contribution in [2.45, 2.75) is 0 Å². The van der Waals surface area contributed by atoms with Crippen LogP contribution in [-0.2, 0) is 0 Å². The van der Waals surface area contributed by atoms with Crippen LogP contribution >= 0.6 is 0 Å². The van der Waals surface area contributed by atoms with Crippen molar-refractivity contribution >= 4 is 24.3 Å². The van der Waals surface area contributed by atoms with Crippen molar-refractivity contribution < 1.29 is 0 Å². The van der Waals surface area contributed by atoms with E-state index in [0.717, 1.165) is 11.1 Å². The molecule has 0 amide bonds. The molecule has 0 fully saturated rings. The Labute approximate surface area is 191 Å². The van der Waals surface area contributed by atoms with Gasteiger partial charge in [0.25, 0.3) is 0 Å². The van der Waals surface area contributed by atoms with Crippen LogP contribution in [0.25, 0.3) is 70.1 Å². The zero-order chi connectivity index (χ0) is 22.5. The first-order valence-electron chi connectivity index (χ1n) is 10.5. The van der Waals surface area contributed by atoms with E-state index >= 15 is 0 Å². The number of nitrogens with zero attached hydrogens (tertiary/aromatic N) is 8. The van der Waals surface area contributed by atoms with Gasteiger partial charge in [0.1, 0.15) is 34.0 Å². The zero-order valence-electron chi connectivity index (χ0n) is 17.5. The largest absolute Gasteiger partial charge is 0.325 e. The summed E-state index contributed by atoms with van der Waals surface area (Å²) < 4.78 is 0. The summed E-state index contributed by atoms with van der Waals surface area (Å²) in [6.07, 6.45) is 14.6. The Morgan fingerprint density at radius 2 is 1.03 bits per heavy atom. The molecule has 0 aromatic carbocycles. The molecule has 3 aromatic rings. The SMILES string of the molecule is C1=Cc2nc3nc(nc4[nH]c(nc5nc(nc([nH]2)=C1)-c1ncccc1-5)C=CC=4)-c1ncccc1-3. The van der Waals surface area contributed by atoms with Crippen molar-refractivity contribution in [3.05, 3.63) is 71.4 Å². The predicted octanol–water partition coefficient (Wildman–Crippen LogP) is 1.79. The summed E-state index contributed by atoms with van der Waals surface area (Å²) >= 11 is 0. The second-order valence-corrected chi connectivity index (χ2v) is 7.61. The number of hydrogen-bond donors (Lipinski definition) is 2. The van der Waals surface area contributed by atoms with Crippen molar-refractivity contribution in [1.29, 1.82) is 0 Å². The second-order valence-electron chi connectivity index (χ2n) is 7.61. The number of aromatic amines is 2. The van der Waals surface area contributed by atoms with Gasteiger partial charge in [-0.15, -0.1) is 0 Å². The van der Waals surface area contributed by atoms with Crippen LogP contribution in [0.2, 0.25) is 0 Å². The molecule has 34 heavy (non-hydrogen) atoms. The third kappa shape index (κ3) is 3.05. The number of aromatic nitrogens is 10. The Balaban J connectivity index is 1.62. The molecule has 0 saturated carbocycles. The lowest BCUT2D eigenvalue weighted by Crippen LogP contribution is -2.14. The third-order valence-electron chi connectivity index (χ3n) is 5.38. The molecule has 10 heteroatoms. The van der Waals surface area contributed by atoms with Crippen molar-refractivity contribution in [1.82, 2.24) is 49.8 Å². The Bertz CT molecular complexity index is 1640. The smallest absolute Gasteiger partial charge is 0.183 e. The van der Waals surface area contributed by atoms with Gasteiger partial charge < -0.3 is 9.97 Å². The van der Waals surface area contributed by atoms with Crippen LogP contribution in [0.5, 0.6) is 0 Å². The Kier molecular flexibility index (Phi) is 3.91. The summed E-state index contributed by atoms with van der Waals surface area (Å²) in [5.41, 5.74) is 4.11. The van der Waals surface area contributed by atoms with Gasteiger partial charge in [0, 0.05) is 23.5 Å². The van der Waals surface area contributed by atoms with Crippen LogP contribution in [0.1, 0.15) is 11.6 Å². The summed E-state index contributed by atoms with van der Waals surface area (Å²) in [6.45, 7) is 0. The fourth-order valence-electron chi connectivity index (χ4n) is 3.89. The molecule has 7 rings (SSSR count). The van der Waals surface area contributed by atoms with E-state index in [1.165, 1.54) is 0 Å². The molecule has 4 aliphatic rings. The van der Waals surface area contributed by atoms with Crippen molar-refractivity contribution in [2.24, 2.45) is 0 Å². The number of allylic oxidation sites excluding steroid dienone is 2. The minimum Gasteiger partial charge on any atom is -0.325 e. The molecule has 2 N–H and O–H groups in total. The fourth-order valence-corrected chi connectivity index (χ4v) is 3.89. The van der Waals surface area contributed by atoms with Crippen molar-refractivity contribution in [3.8, 4) is 45.8 Å². The van der Waals surface area contributed by atoms with Crippen LogP contribution < -0.4 is 11.0 Å². The number of nitrogens with one attached hydrogen (secondary N) is 2. The Hall–Kier alpha value is -5.12. The van der Waals surface area contributed by atoms with Crippen molar-refractivity contribution in [2.75, 3.05) is 0 Å². The lowest BCUT2D eigenvalue weighted by molar-refractivity contribution is 1.01. The molecule has 0 radical (unpaired) electrons. The highest BCUT2D eigenvalue weighted by molar-refractivity contribution is 5.79. The van der Waals surface area contributed by atoms with E-state index in [1.54, 1.807) is 12.4 Å². The van der Waals surface area contributed by atoms with Gasteiger partial charge in [-0.2, -0.15) is 0 Å². The molecular formula is C24H14N10. The Morgan fingerprint density at radius 1 is 0.529 bits per heavy atom. The molecule has 10 nitrogen and oxygen atoms in total. The first kappa shape index (κ1) is 18.5. The Morgan fingerprint density at radius 3 is 1.53 bits per heavy atom. The van der Waals surface area contributed by atoms with E-state index < -0.39 is 0 Å². The van der Waals surface area contributed by atoms with Gasteiger partial charge in [-0.3, -0.25) is 9.97 Å². The minimum absolute atomic E-state index is 0.471. The topological polar surface area (TPSA) is 135 Å². The van der Waals surface area contributed by atoms with E-state index in [-0.39, 0.29) is 0 Å². The number of fused-ring (bicyclic) bond motifs is 14. The molecule has 0 saturated heterocycles. The van der Waals surface area contributed by atoms with Gasteiger partial charge >= 0.3 is 0 Å². The van der Waals surface area contributed by atoms with Crippen LogP contribution in [0.15, 0.2) is 48.8 Å². The lowest BCUT2D eigenvalue weighted by atomic mass is 10.2. The van der Waals surface area contributed by atoms with E-state index in [1.807, 2.05) is 60.7 Å². The monoisotopic (exact) mass is 442 g/mol. The second kappa shape index (κ2) is 7.20. The average molecular weight is 442 g/mol. The number of pyridine rings is 2. The fraction of sp³-hybridized carbons (Fsp3) is 0. The maximum atomic E-state index is 4.72. The van der Waals surface area contributed by atoms with E-state index in [0.29, 0.717) is 57.3 Å². The molecule has 7 heterocycles. The number of rotatable bonds is 0. The zero-order valence-corrected chi connectivity index (χ0v) is 17.5. The molecule has 0 atom stereocenters. The van der Waals surface area contributed by atoms with Gasteiger partial charge in [-0.25, -0.2) is 29.9 Å². The molecule has 160 valence electrons. The molecule has 0 spiro atoms. The van der Waals surface area contributed by atoms with Gasteiger partial charge in [0.05, 0.1) is 0 Å². The molecule has 8 bridgehead atoms. The highest BCUT2D eigenvalue weighted by Crippen LogP contribution is 2.31. The maximum absolute atomic E-state index is 4.72. The molecule has 0 unspecified atom stereocenters. The normalized spacial score (nSPS) is 12.9. The quantitative estimate of drug-likeness (QED) is 0.371. The molecule has 4 aliphatic heterocycles. The van der Waals surface area contributed by atoms with Gasteiger partial charge in [-0.1, -0.05) is 12.2 Å². The highest BCUT2D eigenvalue weighted by Gasteiger charge is 2.21. The van der Waals surface area contributed by atoms with Gasteiger partial charge in [-0.05, 0) is 48.6 Å². The van der Waals surface area contributed by atoms with Crippen LogP contribution in [0.4, 0.5) is 0 Å². The van der Waals surface area contributed by atoms with Crippen LogP contribution in [-0.4, -0.2) is 49.8 Å². The summed E-state index contributed by atoms with van der Waals surface area (Å²) in [7, 11) is 0. The minimum atomic E-state index is 0.471. The lowest BCUT2D eigenvalue weighted by Gasteiger charge is -1.99. The highest BCUT2D eigenvalue weighted by atomic mass is 15.1. The van der Waals surface area contributed by atoms with Crippen LogP contribution in [0, 0.1) is 0 Å². The average Bonchev–Trinajstić information content (AvgIpc) is 3.37. The summed E-state index contributed by atoms with van der Waals surface area (Å²) in [6, 6.07) is 7.57. The van der Waals surface area contributed by atoms with E-state index in [4.69, 9.17) is 19.9 Å². The maximum Gasteiger partial charge on any atom is 0.183 e. The number of H-pyrrole nitrogens is 2. The van der Waals surface area contributed by atoms with Gasteiger partial charge in [0.2, 0.25) is 0 Å². The summed E-state index contributed by atoms with van der Waals surface area (Å²) in [4.78, 5) is 43.6. The molecule has 3 aromatic heterocycles. The van der Waals surface area contributed by atoms with Gasteiger partial charge in [0.15, 0.2) is 23.3 Å².